The molecule has 1 N–H and O–H groups in total. The van der Waals surface area contributed by atoms with Gasteiger partial charge in [0.05, 0.1) is 23.3 Å². The molecular weight excluding hydrogens is 346 g/mol. The van der Waals surface area contributed by atoms with Gasteiger partial charge in [-0.1, -0.05) is 44.9 Å². The van der Waals surface area contributed by atoms with Gasteiger partial charge in [-0.3, -0.25) is 14.2 Å². The van der Waals surface area contributed by atoms with Gasteiger partial charge < -0.3 is 5.32 Å². The van der Waals surface area contributed by atoms with Gasteiger partial charge in [0, 0.05) is 4.88 Å². The number of nitrogens with zero attached hydrogens (tertiary/aromatic N) is 2. The highest BCUT2D eigenvalue weighted by molar-refractivity contribution is 7.10. The summed E-state index contributed by atoms with van der Waals surface area (Å²) in [6, 6.07) is 11.2. The zero-order chi connectivity index (χ0) is 18.5. The van der Waals surface area contributed by atoms with Crippen LogP contribution in [0.1, 0.15) is 37.6 Å². The van der Waals surface area contributed by atoms with Gasteiger partial charge in [-0.05, 0) is 29.5 Å². The van der Waals surface area contributed by atoms with Crippen molar-refractivity contribution < 1.29 is 4.79 Å². The van der Waals surface area contributed by atoms with E-state index in [1.165, 1.54) is 10.9 Å². The molecule has 0 aliphatic carbocycles. The van der Waals surface area contributed by atoms with E-state index in [0.717, 1.165) is 17.7 Å². The Morgan fingerprint density at radius 1 is 1.19 bits per heavy atom. The van der Waals surface area contributed by atoms with Crippen LogP contribution in [-0.4, -0.2) is 15.5 Å². The largest absolute Gasteiger partial charge is 0.347 e. The van der Waals surface area contributed by atoms with E-state index in [1.807, 2.05) is 17.5 Å². The fraction of sp³-hybridized carbons (Fsp3) is 0.350. The third-order valence-corrected chi connectivity index (χ3v) is 5.69. The first-order valence-electron chi connectivity index (χ1n) is 8.91. The summed E-state index contributed by atoms with van der Waals surface area (Å²) < 4.78 is 1.37. The third kappa shape index (κ3) is 3.85. The molecule has 0 spiro atoms. The van der Waals surface area contributed by atoms with Crippen LogP contribution in [0.5, 0.6) is 0 Å². The Kier molecular flexibility index (Phi) is 5.83. The average Bonchev–Trinajstić information content (AvgIpc) is 3.19. The average molecular weight is 369 g/mol. The smallest absolute Gasteiger partial charge is 0.261 e. The van der Waals surface area contributed by atoms with E-state index in [2.05, 4.69) is 30.2 Å². The molecule has 2 heterocycles. The van der Waals surface area contributed by atoms with Crippen LogP contribution in [0.25, 0.3) is 10.9 Å². The minimum atomic E-state index is -0.194. The molecular formula is C20H23N3O2S. The number of para-hydroxylation sites is 1. The van der Waals surface area contributed by atoms with E-state index in [4.69, 9.17) is 0 Å². The zero-order valence-corrected chi connectivity index (χ0v) is 15.8. The summed E-state index contributed by atoms with van der Waals surface area (Å²) in [5, 5.41) is 5.68. The standard InChI is InChI=1S/C20H23N3O2S/c1-3-14(4-2)19(17-10-7-11-26-17)22-18(24)12-23-13-21-16-9-6-5-8-15(16)20(23)25/h5-11,13-14,19H,3-4,12H2,1-2H3,(H,22,24). The number of fused-ring (bicyclic) bond motifs is 1. The summed E-state index contributed by atoms with van der Waals surface area (Å²) in [5.74, 6) is 0.193. The number of carbonyl (C=O) groups excluding carboxylic acids is 1. The highest BCUT2D eigenvalue weighted by atomic mass is 32.1. The molecule has 3 aromatic rings. The van der Waals surface area contributed by atoms with Crippen molar-refractivity contribution in [3.63, 3.8) is 0 Å². The van der Waals surface area contributed by atoms with Crippen LogP contribution < -0.4 is 10.9 Å². The minimum Gasteiger partial charge on any atom is -0.347 e. The molecule has 1 atom stereocenters. The van der Waals surface area contributed by atoms with Crippen molar-refractivity contribution in [1.29, 1.82) is 0 Å². The molecule has 26 heavy (non-hydrogen) atoms. The van der Waals surface area contributed by atoms with Crippen LogP contribution in [0.4, 0.5) is 0 Å². The van der Waals surface area contributed by atoms with Crippen molar-refractivity contribution in [1.82, 2.24) is 14.9 Å². The maximum Gasteiger partial charge on any atom is 0.261 e. The summed E-state index contributed by atoms with van der Waals surface area (Å²) in [6.07, 6.45) is 3.41. The number of hydrogen-bond acceptors (Lipinski definition) is 4. The lowest BCUT2D eigenvalue weighted by Crippen LogP contribution is -2.37. The number of amides is 1. The Morgan fingerprint density at radius 3 is 2.65 bits per heavy atom. The topological polar surface area (TPSA) is 64.0 Å². The number of nitrogens with one attached hydrogen (secondary N) is 1. The molecule has 1 aromatic carbocycles. The van der Waals surface area contributed by atoms with E-state index >= 15 is 0 Å². The van der Waals surface area contributed by atoms with Crippen LogP contribution in [0, 0.1) is 5.92 Å². The first kappa shape index (κ1) is 18.3. The van der Waals surface area contributed by atoms with Crippen molar-refractivity contribution in [2.24, 2.45) is 5.92 Å². The normalized spacial score (nSPS) is 12.4. The molecule has 2 aromatic heterocycles. The van der Waals surface area contributed by atoms with E-state index in [9.17, 15) is 9.59 Å². The van der Waals surface area contributed by atoms with E-state index in [-0.39, 0.29) is 24.1 Å². The summed E-state index contributed by atoms with van der Waals surface area (Å²) in [5.41, 5.74) is 0.448. The van der Waals surface area contributed by atoms with Gasteiger partial charge in [0.15, 0.2) is 0 Å². The molecule has 1 unspecified atom stereocenters. The van der Waals surface area contributed by atoms with Crippen molar-refractivity contribution >= 4 is 28.1 Å². The maximum absolute atomic E-state index is 12.6. The van der Waals surface area contributed by atoms with Crippen LogP contribution in [0.3, 0.4) is 0 Å². The monoisotopic (exact) mass is 369 g/mol. The van der Waals surface area contributed by atoms with Crippen molar-refractivity contribution in [2.75, 3.05) is 0 Å². The molecule has 0 radical (unpaired) electrons. The molecule has 1 amide bonds. The third-order valence-electron chi connectivity index (χ3n) is 4.73. The van der Waals surface area contributed by atoms with Gasteiger partial charge in [-0.2, -0.15) is 0 Å². The van der Waals surface area contributed by atoms with E-state index in [1.54, 1.807) is 29.5 Å². The van der Waals surface area contributed by atoms with Gasteiger partial charge in [-0.25, -0.2) is 4.98 Å². The predicted octanol–water partition coefficient (Wildman–Crippen LogP) is 3.75. The zero-order valence-electron chi connectivity index (χ0n) is 15.0. The summed E-state index contributed by atoms with van der Waals surface area (Å²) in [6.45, 7) is 4.25. The Balaban J connectivity index is 1.81. The Morgan fingerprint density at radius 2 is 1.96 bits per heavy atom. The van der Waals surface area contributed by atoms with Gasteiger partial charge >= 0.3 is 0 Å². The number of rotatable bonds is 7. The van der Waals surface area contributed by atoms with Gasteiger partial charge in [-0.15, -0.1) is 11.3 Å². The Labute approximate surface area is 156 Å². The first-order valence-corrected chi connectivity index (χ1v) is 9.79. The second-order valence-electron chi connectivity index (χ2n) is 6.33. The highest BCUT2D eigenvalue weighted by Gasteiger charge is 2.23. The summed E-state index contributed by atoms with van der Waals surface area (Å²) >= 11 is 1.65. The van der Waals surface area contributed by atoms with Crippen molar-refractivity contribution in [3.05, 3.63) is 63.3 Å². The quantitative estimate of drug-likeness (QED) is 0.690. The molecule has 3 rings (SSSR count). The first-order chi connectivity index (χ1) is 12.6. The van der Waals surface area contributed by atoms with Gasteiger partial charge in [0.1, 0.15) is 6.54 Å². The fourth-order valence-electron chi connectivity index (χ4n) is 3.24. The molecule has 136 valence electrons. The molecule has 0 bridgehead atoms. The Bertz CT molecular complexity index is 930. The maximum atomic E-state index is 12.6. The lowest BCUT2D eigenvalue weighted by molar-refractivity contribution is -0.122. The Hall–Kier alpha value is -2.47. The number of thiophene rings is 1. The molecule has 6 heteroatoms. The number of carbonyl (C=O) groups is 1. The number of aromatic nitrogens is 2. The van der Waals surface area contributed by atoms with Crippen molar-refractivity contribution in [3.8, 4) is 0 Å². The van der Waals surface area contributed by atoms with Crippen LogP contribution in [-0.2, 0) is 11.3 Å². The molecule has 5 nitrogen and oxygen atoms in total. The molecule has 0 fully saturated rings. The minimum absolute atomic E-state index is 0.0263. The lowest BCUT2D eigenvalue weighted by Gasteiger charge is -2.25. The highest BCUT2D eigenvalue weighted by Crippen LogP contribution is 2.30. The second kappa shape index (κ2) is 8.27. The van der Waals surface area contributed by atoms with Crippen molar-refractivity contribution in [2.45, 2.75) is 39.3 Å². The summed E-state index contributed by atoms with van der Waals surface area (Å²) in [4.78, 5) is 30.6. The van der Waals surface area contributed by atoms with Crippen LogP contribution >= 0.6 is 11.3 Å². The number of benzene rings is 1. The lowest BCUT2D eigenvalue weighted by atomic mass is 9.93. The second-order valence-corrected chi connectivity index (χ2v) is 7.31. The van der Waals surface area contributed by atoms with Gasteiger partial charge in [0.25, 0.3) is 5.56 Å². The molecule has 0 saturated carbocycles. The van der Waals surface area contributed by atoms with Gasteiger partial charge in [0.2, 0.25) is 5.91 Å². The SMILES string of the molecule is CCC(CC)C(NC(=O)Cn1cnc2ccccc2c1=O)c1cccs1. The molecule has 0 aliphatic rings. The van der Waals surface area contributed by atoms with E-state index in [0.29, 0.717) is 16.8 Å². The summed E-state index contributed by atoms with van der Waals surface area (Å²) in [7, 11) is 0. The predicted molar refractivity (Wildman–Crippen MR) is 105 cm³/mol. The number of hydrogen-bond donors (Lipinski definition) is 1. The fourth-order valence-corrected chi connectivity index (χ4v) is 4.11. The van der Waals surface area contributed by atoms with Crippen LogP contribution in [0.2, 0.25) is 0 Å². The van der Waals surface area contributed by atoms with E-state index < -0.39 is 0 Å². The molecule has 0 saturated heterocycles. The van der Waals surface area contributed by atoms with Crippen LogP contribution in [0.15, 0.2) is 52.9 Å². The molecule has 0 aliphatic heterocycles.